The zero-order valence-electron chi connectivity index (χ0n) is 9.24. The van der Waals surface area contributed by atoms with Crippen molar-refractivity contribution in [1.82, 2.24) is 4.98 Å². The molecule has 0 unspecified atom stereocenters. The van der Waals surface area contributed by atoms with Crippen LogP contribution in [0.5, 0.6) is 0 Å². The highest BCUT2D eigenvalue weighted by atomic mass is 16.6. The van der Waals surface area contributed by atoms with Crippen LogP contribution in [-0.2, 0) is 12.8 Å². The van der Waals surface area contributed by atoms with Gasteiger partial charge < -0.3 is 0 Å². The SMILES string of the molecule is O=[N+]([O-])c1ccc(CCc2ccncc2)cc1. The van der Waals surface area contributed by atoms with Crippen LogP contribution in [0.4, 0.5) is 5.69 Å². The maximum Gasteiger partial charge on any atom is 0.269 e. The number of pyridine rings is 1. The van der Waals surface area contributed by atoms with Crippen LogP contribution in [0.15, 0.2) is 48.8 Å². The zero-order chi connectivity index (χ0) is 12.1. The first-order chi connectivity index (χ1) is 8.25. The van der Waals surface area contributed by atoms with Gasteiger partial charge in [0.25, 0.3) is 5.69 Å². The van der Waals surface area contributed by atoms with Crippen LogP contribution in [-0.4, -0.2) is 9.91 Å². The summed E-state index contributed by atoms with van der Waals surface area (Å²) in [6, 6.07) is 10.7. The number of rotatable bonds is 4. The average Bonchev–Trinajstić information content (AvgIpc) is 2.38. The summed E-state index contributed by atoms with van der Waals surface area (Å²) in [7, 11) is 0. The molecule has 0 aliphatic carbocycles. The van der Waals surface area contributed by atoms with Crippen molar-refractivity contribution in [2.24, 2.45) is 0 Å². The van der Waals surface area contributed by atoms with E-state index in [-0.39, 0.29) is 10.6 Å². The van der Waals surface area contributed by atoms with Crippen LogP contribution in [0.2, 0.25) is 0 Å². The van der Waals surface area contributed by atoms with Gasteiger partial charge in [0.05, 0.1) is 4.92 Å². The number of benzene rings is 1. The van der Waals surface area contributed by atoms with Crippen molar-refractivity contribution in [2.75, 3.05) is 0 Å². The third kappa shape index (κ3) is 3.11. The van der Waals surface area contributed by atoms with Crippen molar-refractivity contribution in [3.8, 4) is 0 Å². The molecular formula is C13H12N2O2. The van der Waals surface area contributed by atoms with E-state index in [1.807, 2.05) is 12.1 Å². The minimum atomic E-state index is -0.382. The lowest BCUT2D eigenvalue weighted by Gasteiger charge is -2.01. The summed E-state index contributed by atoms with van der Waals surface area (Å²) < 4.78 is 0. The van der Waals surface area contributed by atoms with Gasteiger partial charge in [-0.25, -0.2) is 0 Å². The highest BCUT2D eigenvalue weighted by Gasteiger charge is 2.03. The van der Waals surface area contributed by atoms with Gasteiger partial charge in [-0.1, -0.05) is 12.1 Å². The number of aromatic nitrogens is 1. The topological polar surface area (TPSA) is 56.0 Å². The molecule has 0 spiro atoms. The molecule has 2 rings (SSSR count). The van der Waals surface area contributed by atoms with Gasteiger partial charge in [0.2, 0.25) is 0 Å². The quantitative estimate of drug-likeness (QED) is 0.597. The van der Waals surface area contributed by atoms with Crippen LogP contribution < -0.4 is 0 Å². The molecule has 4 nitrogen and oxygen atoms in total. The van der Waals surface area contributed by atoms with Gasteiger partial charge in [0, 0.05) is 24.5 Å². The summed E-state index contributed by atoms with van der Waals surface area (Å²) in [6.45, 7) is 0. The van der Waals surface area contributed by atoms with E-state index in [9.17, 15) is 10.1 Å². The van der Waals surface area contributed by atoms with E-state index in [1.54, 1.807) is 36.7 Å². The van der Waals surface area contributed by atoms with Crippen molar-refractivity contribution in [3.63, 3.8) is 0 Å². The summed E-state index contributed by atoms with van der Waals surface area (Å²) in [5, 5.41) is 10.5. The van der Waals surface area contributed by atoms with Gasteiger partial charge in [-0.05, 0) is 36.1 Å². The lowest BCUT2D eigenvalue weighted by Crippen LogP contribution is -1.92. The molecule has 2 aromatic rings. The van der Waals surface area contributed by atoms with E-state index in [0.29, 0.717) is 0 Å². The Kier molecular flexibility index (Phi) is 3.45. The summed E-state index contributed by atoms with van der Waals surface area (Å²) in [4.78, 5) is 14.1. The van der Waals surface area contributed by atoms with E-state index in [1.165, 1.54) is 5.56 Å². The lowest BCUT2D eigenvalue weighted by molar-refractivity contribution is -0.384. The van der Waals surface area contributed by atoms with Crippen molar-refractivity contribution in [3.05, 3.63) is 70.0 Å². The third-order valence-corrected chi connectivity index (χ3v) is 2.60. The maximum absolute atomic E-state index is 10.5. The van der Waals surface area contributed by atoms with Crippen LogP contribution in [0.25, 0.3) is 0 Å². The molecule has 17 heavy (non-hydrogen) atoms. The summed E-state index contributed by atoms with van der Waals surface area (Å²) in [5.74, 6) is 0. The van der Waals surface area contributed by atoms with E-state index in [4.69, 9.17) is 0 Å². The highest BCUT2D eigenvalue weighted by Crippen LogP contribution is 2.13. The lowest BCUT2D eigenvalue weighted by atomic mass is 10.1. The van der Waals surface area contributed by atoms with Crippen molar-refractivity contribution < 1.29 is 4.92 Å². The standard InChI is InChI=1S/C13H12N2O2/c16-15(17)13-5-3-11(4-6-13)1-2-12-7-9-14-10-8-12/h3-10H,1-2H2. The number of aryl methyl sites for hydroxylation is 2. The Balaban J connectivity index is 1.98. The summed E-state index contributed by atoms with van der Waals surface area (Å²) >= 11 is 0. The number of nitro groups is 1. The minimum Gasteiger partial charge on any atom is -0.265 e. The predicted molar refractivity (Wildman–Crippen MR) is 64.7 cm³/mol. The first kappa shape index (κ1) is 11.3. The second-order valence-corrected chi connectivity index (χ2v) is 3.78. The monoisotopic (exact) mass is 228 g/mol. The fraction of sp³-hybridized carbons (Fsp3) is 0.154. The molecule has 0 saturated carbocycles. The molecule has 0 atom stereocenters. The molecule has 0 aliphatic heterocycles. The summed E-state index contributed by atoms with van der Waals surface area (Å²) in [6.07, 6.45) is 5.33. The molecule has 1 heterocycles. The van der Waals surface area contributed by atoms with Gasteiger partial charge in [0.15, 0.2) is 0 Å². The Morgan fingerprint density at radius 2 is 1.47 bits per heavy atom. The molecule has 0 bridgehead atoms. The van der Waals surface area contributed by atoms with E-state index in [0.717, 1.165) is 18.4 Å². The van der Waals surface area contributed by atoms with Gasteiger partial charge in [0.1, 0.15) is 0 Å². The molecule has 0 radical (unpaired) electrons. The largest absolute Gasteiger partial charge is 0.269 e. The number of nitrogens with zero attached hydrogens (tertiary/aromatic N) is 2. The Hall–Kier alpha value is -2.23. The smallest absolute Gasteiger partial charge is 0.265 e. The minimum absolute atomic E-state index is 0.137. The van der Waals surface area contributed by atoms with E-state index in [2.05, 4.69) is 4.98 Å². The van der Waals surface area contributed by atoms with Crippen LogP contribution in [0, 0.1) is 10.1 Å². The molecule has 86 valence electrons. The molecule has 0 fully saturated rings. The molecule has 0 N–H and O–H groups in total. The van der Waals surface area contributed by atoms with Crippen LogP contribution in [0.3, 0.4) is 0 Å². The fourth-order valence-electron chi connectivity index (χ4n) is 1.62. The van der Waals surface area contributed by atoms with E-state index < -0.39 is 0 Å². The average molecular weight is 228 g/mol. The van der Waals surface area contributed by atoms with Gasteiger partial charge in [-0.2, -0.15) is 0 Å². The van der Waals surface area contributed by atoms with Crippen LogP contribution >= 0.6 is 0 Å². The number of hydrogen-bond acceptors (Lipinski definition) is 3. The molecule has 0 saturated heterocycles. The van der Waals surface area contributed by atoms with Gasteiger partial charge in [-0.3, -0.25) is 15.1 Å². The molecule has 0 aliphatic rings. The van der Waals surface area contributed by atoms with Crippen molar-refractivity contribution in [2.45, 2.75) is 12.8 Å². The first-order valence-corrected chi connectivity index (χ1v) is 5.38. The van der Waals surface area contributed by atoms with Crippen molar-refractivity contribution >= 4 is 5.69 Å². The Morgan fingerprint density at radius 3 is 2.00 bits per heavy atom. The Labute approximate surface area is 99.1 Å². The van der Waals surface area contributed by atoms with Crippen molar-refractivity contribution in [1.29, 1.82) is 0 Å². The molecule has 1 aromatic carbocycles. The second kappa shape index (κ2) is 5.21. The third-order valence-electron chi connectivity index (χ3n) is 2.60. The fourth-order valence-corrected chi connectivity index (χ4v) is 1.62. The maximum atomic E-state index is 10.5. The first-order valence-electron chi connectivity index (χ1n) is 5.38. The van der Waals surface area contributed by atoms with Crippen LogP contribution in [0.1, 0.15) is 11.1 Å². The molecule has 4 heteroatoms. The number of nitro benzene ring substituents is 1. The molecule has 1 aromatic heterocycles. The molecule has 0 amide bonds. The van der Waals surface area contributed by atoms with E-state index >= 15 is 0 Å². The zero-order valence-corrected chi connectivity index (χ0v) is 9.24. The highest BCUT2D eigenvalue weighted by molar-refractivity contribution is 5.33. The Bertz CT molecular complexity index is 495. The van der Waals surface area contributed by atoms with Gasteiger partial charge >= 0.3 is 0 Å². The van der Waals surface area contributed by atoms with Gasteiger partial charge in [-0.15, -0.1) is 0 Å². The Morgan fingerprint density at radius 1 is 0.941 bits per heavy atom. The predicted octanol–water partition coefficient (Wildman–Crippen LogP) is 2.78. The number of hydrogen-bond donors (Lipinski definition) is 0. The normalized spacial score (nSPS) is 10.1. The summed E-state index contributed by atoms with van der Waals surface area (Å²) in [5.41, 5.74) is 2.46. The number of non-ortho nitro benzene ring substituents is 1. The molecular weight excluding hydrogens is 216 g/mol. The second-order valence-electron chi connectivity index (χ2n) is 3.78.